The molecule has 31 heavy (non-hydrogen) atoms. The van der Waals surface area contributed by atoms with Crippen molar-refractivity contribution in [2.75, 3.05) is 16.7 Å². The van der Waals surface area contributed by atoms with Gasteiger partial charge in [-0.25, -0.2) is 8.42 Å². The summed E-state index contributed by atoms with van der Waals surface area (Å²) in [4.78, 5) is 23.4. The van der Waals surface area contributed by atoms with E-state index in [0.29, 0.717) is 22.5 Å². The molecule has 3 aromatic carbocycles. The number of sulfonamides is 1. The predicted octanol–water partition coefficient (Wildman–Crippen LogP) is 4.29. The molecule has 0 aliphatic rings. The van der Waals surface area contributed by atoms with Gasteiger partial charge in [0.05, 0.1) is 21.2 Å². The quantitative estimate of drug-likeness (QED) is 0.455. The standard InChI is InChI=1S/C22H21N3O5S/c1-15-10-12-18(25(27)28)14-20(15)23-22(26)17-11-9-16(2)21(13-17)24(3)31(29,30)19-7-5-4-6-8-19/h4-14H,1-3H3,(H,23,26). The number of benzene rings is 3. The molecule has 0 heterocycles. The average molecular weight is 439 g/mol. The third kappa shape index (κ3) is 4.56. The second kappa shape index (κ2) is 8.57. The highest BCUT2D eigenvalue weighted by molar-refractivity contribution is 7.92. The summed E-state index contributed by atoms with van der Waals surface area (Å²) in [6.45, 7) is 3.47. The number of rotatable bonds is 6. The van der Waals surface area contributed by atoms with Crippen molar-refractivity contribution in [1.29, 1.82) is 0 Å². The first-order valence-electron chi connectivity index (χ1n) is 9.32. The summed E-state index contributed by atoms with van der Waals surface area (Å²) >= 11 is 0. The summed E-state index contributed by atoms with van der Waals surface area (Å²) in [6.07, 6.45) is 0. The molecule has 0 saturated carbocycles. The molecule has 0 aliphatic carbocycles. The van der Waals surface area contributed by atoms with E-state index in [-0.39, 0.29) is 16.1 Å². The van der Waals surface area contributed by atoms with Crippen LogP contribution in [0.1, 0.15) is 21.5 Å². The Balaban J connectivity index is 1.93. The molecule has 160 valence electrons. The minimum absolute atomic E-state index is 0.138. The van der Waals surface area contributed by atoms with Gasteiger partial charge < -0.3 is 5.32 Å². The van der Waals surface area contributed by atoms with E-state index in [1.54, 1.807) is 50.2 Å². The van der Waals surface area contributed by atoms with Gasteiger partial charge in [0, 0.05) is 24.7 Å². The summed E-state index contributed by atoms with van der Waals surface area (Å²) in [6, 6.07) is 16.9. The number of carbonyl (C=O) groups excluding carboxylic acids is 1. The van der Waals surface area contributed by atoms with Crippen molar-refractivity contribution in [3.05, 3.63) is 93.5 Å². The highest BCUT2D eigenvalue weighted by Crippen LogP contribution is 2.28. The number of nitro benzene ring substituents is 1. The first-order chi connectivity index (χ1) is 14.6. The molecule has 0 saturated heterocycles. The number of amides is 1. The van der Waals surface area contributed by atoms with Crippen LogP contribution in [0.25, 0.3) is 0 Å². The summed E-state index contributed by atoms with van der Waals surface area (Å²) < 4.78 is 27.1. The topological polar surface area (TPSA) is 110 Å². The zero-order chi connectivity index (χ0) is 22.8. The van der Waals surface area contributed by atoms with Gasteiger partial charge in [0.2, 0.25) is 0 Å². The van der Waals surface area contributed by atoms with Gasteiger partial charge in [-0.05, 0) is 49.2 Å². The Labute approximate surface area is 180 Å². The summed E-state index contributed by atoms with van der Waals surface area (Å²) in [5, 5.41) is 13.7. The fourth-order valence-electron chi connectivity index (χ4n) is 3.02. The van der Waals surface area contributed by atoms with Crippen LogP contribution in [0.4, 0.5) is 17.1 Å². The van der Waals surface area contributed by atoms with E-state index in [1.165, 1.54) is 37.4 Å². The van der Waals surface area contributed by atoms with Crippen molar-refractivity contribution in [3.8, 4) is 0 Å². The molecule has 9 heteroatoms. The summed E-state index contributed by atoms with van der Waals surface area (Å²) in [5.41, 5.74) is 2.08. The number of nitro groups is 1. The lowest BCUT2D eigenvalue weighted by molar-refractivity contribution is -0.384. The van der Waals surface area contributed by atoms with Crippen LogP contribution in [0.5, 0.6) is 0 Å². The smallest absolute Gasteiger partial charge is 0.271 e. The zero-order valence-electron chi connectivity index (χ0n) is 17.2. The highest BCUT2D eigenvalue weighted by Gasteiger charge is 2.23. The van der Waals surface area contributed by atoms with E-state index in [9.17, 15) is 23.3 Å². The highest BCUT2D eigenvalue weighted by atomic mass is 32.2. The van der Waals surface area contributed by atoms with Crippen molar-refractivity contribution in [3.63, 3.8) is 0 Å². The Hall–Kier alpha value is -3.72. The maximum Gasteiger partial charge on any atom is 0.271 e. The van der Waals surface area contributed by atoms with Crippen LogP contribution in [-0.4, -0.2) is 26.3 Å². The second-order valence-corrected chi connectivity index (χ2v) is 8.97. The number of anilines is 2. The van der Waals surface area contributed by atoms with Gasteiger partial charge >= 0.3 is 0 Å². The van der Waals surface area contributed by atoms with Crippen molar-refractivity contribution >= 4 is 33.0 Å². The van der Waals surface area contributed by atoms with Crippen LogP contribution in [0.2, 0.25) is 0 Å². The Morgan fingerprint density at radius 1 is 0.968 bits per heavy atom. The van der Waals surface area contributed by atoms with E-state index >= 15 is 0 Å². The number of nitrogens with one attached hydrogen (secondary N) is 1. The maximum atomic E-state index is 13.0. The van der Waals surface area contributed by atoms with Gasteiger partial charge in [-0.2, -0.15) is 0 Å². The summed E-state index contributed by atoms with van der Waals surface area (Å²) in [5.74, 6) is -0.504. The largest absolute Gasteiger partial charge is 0.321 e. The molecule has 1 amide bonds. The van der Waals surface area contributed by atoms with Crippen LogP contribution in [-0.2, 0) is 10.0 Å². The molecule has 0 fully saturated rings. The SMILES string of the molecule is Cc1ccc([N+](=O)[O-])cc1NC(=O)c1ccc(C)c(N(C)S(=O)(=O)c2ccccc2)c1. The predicted molar refractivity (Wildman–Crippen MR) is 119 cm³/mol. The molecule has 0 aliphatic heterocycles. The van der Waals surface area contributed by atoms with Gasteiger partial charge in [-0.1, -0.05) is 30.3 Å². The second-order valence-electron chi connectivity index (χ2n) is 7.00. The first-order valence-corrected chi connectivity index (χ1v) is 10.8. The van der Waals surface area contributed by atoms with E-state index in [1.807, 2.05) is 0 Å². The number of hydrogen-bond donors (Lipinski definition) is 1. The third-order valence-corrected chi connectivity index (χ3v) is 6.68. The number of carbonyl (C=O) groups is 1. The van der Waals surface area contributed by atoms with Crippen molar-refractivity contribution in [2.45, 2.75) is 18.7 Å². The molecular formula is C22H21N3O5S. The Kier molecular flexibility index (Phi) is 6.07. The van der Waals surface area contributed by atoms with Crippen molar-refractivity contribution < 1.29 is 18.1 Å². The molecule has 0 unspecified atom stereocenters. The van der Waals surface area contributed by atoms with Gasteiger partial charge in [0.1, 0.15) is 0 Å². The maximum absolute atomic E-state index is 13.0. The molecular weight excluding hydrogens is 418 g/mol. The fourth-order valence-corrected chi connectivity index (χ4v) is 4.30. The van der Waals surface area contributed by atoms with E-state index in [0.717, 1.165) is 4.31 Å². The number of nitrogens with zero attached hydrogens (tertiary/aromatic N) is 2. The fraction of sp³-hybridized carbons (Fsp3) is 0.136. The van der Waals surface area contributed by atoms with Crippen LogP contribution < -0.4 is 9.62 Å². The third-order valence-electron chi connectivity index (χ3n) is 4.89. The first kappa shape index (κ1) is 22.0. The molecule has 3 rings (SSSR count). The minimum Gasteiger partial charge on any atom is -0.321 e. The average Bonchev–Trinajstić information content (AvgIpc) is 2.75. The van der Waals surface area contributed by atoms with Crippen molar-refractivity contribution in [2.24, 2.45) is 0 Å². The van der Waals surface area contributed by atoms with Crippen LogP contribution in [0.15, 0.2) is 71.6 Å². The molecule has 1 N–H and O–H groups in total. The van der Waals surface area contributed by atoms with Gasteiger partial charge in [-0.3, -0.25) is 19.2 Å². The number of aryl methyl sites for hydroxylation is 2. The number of hydrogen-bond acceptors (Lipinski definition) is 5. The lowest BCUT2D eigenvalue weighted by Crippen LogP contribution is -2.27. The lowest BCUT2D eigenvalue weighted by atomic mass is 10.1. The van der Waals surface area contributed by atoms with E-state index < -0.39 is 20.9 Å². The molecule has 0 bridgehead atoms. The van der Waals surface area contributed by atoms with Crippen LogP contribution in [0, 0.1) is 24.0 Å². The molecule has 8 nitrogen and oxygen atoms in total. The Morgan fingerprint density at radius 2 is 1.61 bits per heavy atom. The minimum atomic E-state index is -3.81. The Bertz CT molecular complexity index is 1260. The van der Waals surface area contributed by atoms with Gasteiger partial charge in [0.15, 0.2) is 0 Å². The molecule has 0 radical (unpaired) electrons. The molecule has 0 spiro atoms. The number of non-ortho nitro benzene ring substituents is 1. The lowest BCUT2D eigenvalue weighted by Gasteiger charge is -2.22. The molecule has 0 aromatic heterocycles. The van der Waals surface area contributed by atoms with Crippen molar-refractivity contribution in [1.82, 2.24) is 0 Å². The van der Waals surface area contributed by atoms with Crippen LogP contribution in [0.3, 0.4) is 0 Å². The molecule has 3 aromatic rings. The zero-order valence-corrected chi connectivity index (χ0v) is 18.0. The van der Waals surface area contributed by atoms with E-state index in [4.69, 9.17) is 0 Å². The summed E-state index contributed by atoms with van der Waals surface area (Å²) in [7, 11) is -2.38. The van der Waals surface area contributed by atoms with Gasteiger partial charge in [0.25, 0.3) is 21.6 Å². The molecule has 0 atom stereocenters. The van der Waals surface area contributed by atoms with Crippen LogP contribution >= 0.6 is 0 Å². The monoisotopic (exact) mass is 439 g/mol. The Morgan fingerprint density at radius 3 is 2.26 bits per heavy atom. The normalized spacial score (nSPS) is 11.1. The van der Waals surface area contributed by atoms with Gasteiger partial charge in [-0.15, -0.1) is 0 Å². The van der Waals surface area contributed by atoms with E-state index in [2.05, 4.69) is 5.32 Å².